The molecule has 0 aliphatic heterocycles. The highest BCUT2D eigenvalue weighted by molar-refractivity contribution is 7.17. The SMILES string of the molecule is CCNc1nc(C)c(C(=O)NC(Cc2ccccc2)C2CC(O)C2)s1. The van der Waals surface area contributed by atoms with Crippen molar-refractivity contribution in [1.82, 2.24) is 10.3 Å². The van der Waals surface area contributed by atoms with Gasteiger partial charge in [-0.05, 0) is 44.6 Å². The molecule has 0 spiro atoms. The summed E-state index contributed by atoms with van der Waals surface area (Å²) in [4.78, 5) is 17.9. The predicted octanol–water partition coefficient (Wildman–Crippen LogP) is 3.00. The van der Waals surface area contributed by atoms with E-state index >= 15 is 0 Å². The number of amides is 1. The van der Waals surface area contributed by atoms with E-state index in [1.807, 2.05) is 32.0 Å². The molecule has 1 aliphatic carbocycles. The molecule has 0 bridgehead atoms. The molecule has 0 saturated heterocycles. The lowest BCUT2D eigenvalue weighted by Crippen LogP contribution is -2.48. The molecule has 1 aromatic heterocycles. The van der Waals surface area contributed by atoms with E-state index in [-0.39, 0.29) is 18.1 Å². The number of aryl methyl sites for hydroxylation is 1. The zero-order chi connectivity index (χ0) is 17.8. The number of benzene rings is 1. The summed E-state index contributed by atoms with van der Waals surface area (Å²) in [6.45, 7) is 4.66. The molecule has 1 saturated carbocycles. The fourth-order valence-electron chi connectivity index (χ4n) is 3.23. The number of nitrogens with one attached hydrogen (secondary N) is 2. The van der Waals surface area contributed by atoms with E-state index in [0.717, 1.165) is 36.6 Å². The number of aliphatic hydroxyl groups excluding tert-OH is 1. The molecule has 1 aromatic carbocycles. The Kier molecular flexibility index (Phi) is 5.71. The first-order valence-corrected chi connectivity index (χ1v) is 9.62. The van der Waals surface area contributed by atoms with Gasteiger partial charge in [-0.3, -0.25) is 4.79 Å². The quantitative estimate of drug-likeness (QED) is 0.710. The Bertz CT molecular complexity index is 711. The number of nitrogens with zero attached hydrogens (tertiary/aromatic N) is 1. The lowest BCUT2D eigenvalue weighted by atomic mass is 9.75. The van der Waals surface area contributed by atoms with E-state index in [0.29, 0.717) is 10.8 Å². The number of thiazole rings is 1. The third kappa shape index (κ3) is 4.38. The minimum absolute atomic E-state index is 0.0300. The highest BCUT2D eigenvalue weighted by Crippen LogP contribution is 2.32. The summed E-state index contributed by atoms with van der Waals surface area (Å²) < 4.78 is 0. The zero-order valence-corrected chi connectivity index (χ0v) is 15.5. The summed E-state index contributed by atoms with van der Waals surface area (Å²) >= 11 is 1.39. The van der Waals surface area contributed by atoms with E-state index in [2.05, 4.69) is 27.8 Å². The van der Waals surface area contributed by atoms with Gasteiger partial charge in [-0.2, -0.15) is 0 Å². The summed E-state index contributed by atoms with van der Waals surface area (Å²) in [7, 11) is 0. The van der Waals surface area contributed by atoms with E-state index in [4.69, 9.17) is 0 Å². The smallest absolute Gasteiger partial charge is 0.263 e. The molecule has 0 radical (unpaired) electrons. The van der Waals surface area contributed by atoms with Crippen molar-refractivity contribution in [3.63, 3.8) is 0 Å². The van der Waals surface area contributed by atoms with Crippen LogP contribution >= 0.6 is 11.3 Å². The Balaban J connectivity index is 1.72. The van der Waals surface area contributed by atoms with Gasteiger partial charge in [0.1, 0.15) is 4.88 Å². The molecule has 1 amide bonds. The second-order valence-corrected chi connectivity index (χ2v) is 7.62. The maximum absolute atomic E-state index is 12.8. The van der Waals surface area contributed by atoms with Crippen molar-refractivity contribution in [2.24, 2.45) is 5.92 Å². The number of rotatable bonds is 7. The van der Waals surface area contributed by atoms with Gasteiger partial charge < -0.3 is 15.7 Å². The van der Waals surface area contributed by atoms with Crippen LogP contribution in [0.25, 0.3) is 0 Å². The fourth-order valence-corrected chi connectivity index (χ4v) is 4.17. The van der Waals surface area contributed by atoms with Gasteiger partial charge in [0.05, 0.1) is 11.8 Å². The molecule has 2 aromatic rings. The van der Waals surface area contributed by atoms with Gasteiger partial charge >= 0.3 is 0 Å². The van der Waals surface area contributed by atoms with Crippen LogP contribution in [0.5, 0.6) is 0 Å². The number of hydrogen-bond donors (Lipinski definition) is 3. The van der Waals surface area contributed by atoms with E-state index in [9.17, 15) is 9.90 Å². The van der Waals surface area contributed by atoms with E-state index in [1.54, 1.807) is 0 Å². The molecular weight excluding hydrogens is 334 g/mol. The van der Waals surface area contributed by atoms with Crippen LogP contribution in [0.2, 0.25) is 0 Å². The van der Waals surface area contributed by atoms with Crippen LogP contribution in [-0.4, -0.2) is 34.7 Å². The number of anilines is 1. The summed E-state index contributed by atoms with van der Waals surface area (Å²) in [5.74, 6) is 0.252. The molecule has 1 unspecified atom stereocenters. The van der Waals surface area contributed by atoms with Crippen LogP contribution in [0.4, 0.5) is 5.13 Å². The average Bonchev–Trinajstić information content (AvgIpc) is 2.93. The van der Waals surface area contributed by atoms with Gasteiger partial charge in [0, 0.05) is 12.6 Å². The molecule has 1 aliphatic rings. The van der Waals surface area contributed by atoms with Crippen LogP contribution in [0, 0.1) is 12.8 Å². The molecule has 1 heterocycles. The first kappa shape index (κ1) is 17.9. The lowest BCUT2D eigenvalue weighted by Gasteiger charge is -2.38. The molecule has 3 rings (SSSR count). The topological polar surface area (TPSA) is 74.2 Å². The molecule has 134 valence electrons. The normalized spacial score (nSPS) is 20.6. The minimum Gasteiger partial charge on any atom is -0.393 e. The van der Waals surface area contributed by atoms with Crippen molar-refractivity contribution in [3.8, 4) is 0 Å². The first-order chi connectivity index (χ1) is 12.1. The molecule has 25 heavy (non-hydrogen) atoms. The Morgan fingerprint density at radius 1 is 1.36 bits per heavy atom. The Morgan fingerprint density at radius 3 is 2.72 bits per heavy atom. The van der Waals surface area contributed by atoms with Crippen molar-refractivity contribution >= 4 is 22.4 Å². The second-order valence-electron chi connectivity index (χ2n) is 6.62. The second kappa shape index (κ2) is 7.97. The molecular formula is C19H25N3O2S. The average molecular weight is 359 g/mol. The highest BCUT2D eigenvalue weighted by atomic mass is 32.1. The third-order valence-corrected chi connectivity index (χ3v) is 5.78. The van der Waals surface area contributed by atoms with Crippen molar-refractivity contribution in [2.75, 3.05) is 11.9 Å². The van der Waals surface area contributed by atoms with Gasteiger partial charge in [-0.15, -0.1) is 0 Å². The van der Waals surface area contributed by atoms with Crippen LogP contribution in [-0.2, 0) is 6.42 Å². The summed E-state index contributed by atoms with van der Waals surface area (Å²) in [5, 5.41) is 16.8. The van der Waals surface area contributed by atoms with Crippen molar-refractivity contribution in [1.29, 1.82) is 0 Å². The van der Waals surface area contributed by atoms with Crippen LogP contribution in [0.3, 0.4) is 0 Å². The van der Waals surface area contributed by atoms with Gasteiger partial charge in [0.15, 0.2) is 5.13 Å². The molecule has 3 N–H and O–H groups in total. The van der Waals surface area contributed by atoms with E-state index in [1.165, 1.54) is 16.9 Å². The molecule has 1 atom stereocenters. The number of carbonyl (C=O) groups excluding carboxylic acids is 1. The summed E-state index contributed by atoms with van der Waals surface area (Å²) in [5.41, 5.74) is 1.95. The molecule has 5 nitrogen and oxygen atoms in total. The minimum atomic E-state index is -0.231. The van der Waals surface area contributed by atoms with Crippen molar-refractivity contribution in [2.45, 2.75) is 45.3 Å². The van der Waals surface area contributed by atoms with Crippen molar-refractivity contribution in [3.05, 3.63) is 46.5 Å². The van der Waals surface area contributed by atoms with Gasteiger partial charge in [-0.25, -0.2) is 4.98 Å². The lowest BCUT2D eigenvalue weighted by molar-refractivity contribution is 0.0239. The van der Waals surface area contributed by atoms with E-state index < -0.39 is 0 Å². The van der Waals surface area contributed by atoms with Crippen LogP contribution in [0.1, 0.15) is 40.7 Å². The van der Waals surface area contributed by atoms with Crippen LogP contribution in [0.15, 0.2) is 30.3 Å². The zero-order valence-electron chi connectivity index (χ0n) is 14.7. The number of hydrogen-bond acceptors (Lipinski definition) is 5. The largest absolute Gasteiger partial charge is 0.393 e. The van der Waals surface area contributed by atoms with Gasteiger partial charge in [0.2, 0.25) is 0 Å². The Morgan fingerprint density at radius 2 is 2.08 bits per heavy atom. The first-order valence-electron chi connectivity index (χ1n) is 8.81. The van der Waals surface area contributed by atoms with Gasteiger partial charge in [0.25, 0.3) is 5.91 Å². The number of aliphatic hydroxyl groups is 1. The Labute approximate surface area is 152 Å². The highest BCUT2D eigenvalue weighted by Gasteiger charge is 2.35. The predicted molar refractivity (Wildman–Crippen MR) is 101 cm³/mol. The summed E-state index contributed by atoms with van der Waals surface area (Å²) in [6.07, 6.45) is 2.05. The van der Waals surface area contributed by atoms with Crippen LogP contribution < -0.4 is 10.6 Å². The number of carbonyl (C=O) groups is 1. The summed E-state index contributed by atoms with van der Waals surface area (Å²) in [6, 6.07) is 10.2. The number of aromatic nitrogens is 1. The standard InChI is InChI=1S/C19H25N3O2S/c1-3-20-19-21-12(2)17(25-19)18(24)22-16(14-10-15(23)11-14)9-13-7-5-4-6-8-13/h4-8,14-16,23H,3,9-11H2,1-2H3,(H,20,21)(H,22,24). The monoisotopic (exact) mass is 359 g/mol. The van der Waals surface area contributed by atoms with Gasteiger partial charge in [-0.1, -0.05) is 41.7 Å². The molecule has 6 heteroatoms. The fraction of sp³-hybridized carbons (Fsp3) is 0.474. The maximum Gasteiger partial charge on any atom is 0.263 e. The van der Waals surface area contributed by atoms with Crippen molar-refractivity contribution < 1.29 is 9.90 Å². The Hall–Kier alpha value is -1.92. The maximum atomic E-state index is 12.8. The molecule has 1 fully saturated rings. The third-order valence-electron chi connectivity index (χ3n) is 4.66.